The number of anilines is 2. The number of hydrogen-bond donors (Lipinski definition) is 1. The zero-order chi connectivity index (χ0) is 15.4. The van der Waals surface area contributed by atoms with Gasteiger partial charge in [-0.1, -0.05) is 24.3 Å². The SMILES string of the molecule is Cc1cccc(N(C)CC(=O)Nc2c(C)cccc2C)n1. The van der Waals surface area contributed by atoms with Crippen LogP contribution in [0.1, 0.15) is 16.8 Å². The van der Waals surface area contributed by atoms with E-state index in [4.69, 9.17) is 0 Å². The Morgan fingerprint density at radius 1 is 1.10 bits per heavy atom. The van der Waals surface area contributed by atoms with Gasteiger partial charge in [-0.3, -0.25) is 4.79 Å². The number of carbonyl (C=O) groups is 1. The number of benzene rings is 1. The molecule has 1 aromatic carbocycles. The Balaban J connectivity index is 2.05. The molecule has 1 amide bonds. The van der Waals surface area contributed by atoms with Gasteiger partial charge in [0.15, 0.2) is 0 Å². The molecule has 0 aliphatic carbocycles. The van der Waals surface area contributed by atoms with E-state index >= 15 is 0 Å². The molecule has 0 atom stereocenters. The van der Waals surface area contributed by atoms with Crippen LogP contribution in [0.25, 0.3) is 0 Å². The van der Waals surface area contributed by atoms with Gasteiger partial charge in [-0.15, -0.1) is 0 Å². The maximum Gasteiger partial charge on any atom is 0.243 e. The van der Waals surface area contributed by atoms with Gasteiger partial charge in [-0.05, 0) is 44.0 Å². The van der Waals surface area contributed by atoms with Gasteiger partial charge in [0, 0.05) is 18.4 Å². The first-order chi connectivity index (χ1) is 9.97. The first-order valence-electron chi connectivity index (χ1n) is 6.98. The summed E-state index contributed by atoms with van der Waals surface area (Å²) in [5, 5.41) is 2.99. The van der Waals surface area contributed by atoms with Crippen LogP contribution in [0.4, 0.5) is 11.5 Å². The van der Waals surface area contributed by atoms with Crippen LogP contribution < -0.4 is 10.2 Å². The van der Waals surface area contributed by atoms with Crippen molar-refractivity contribution < 1.29 is 4.79 Å². The maximum absolute atomic E-state index is 12.2. The normalized spacial score (nSPS) is 10.3. The molecular formula is C17H21N3O. The third kappa shape index (κ3) is 3.81. The number of aromatic nitrogens is 1. The fraction of sp³-hybridized carbons (Fsp3) is 0.294. The van der Waals surface area contributed by atoms with Crippen molar-refractivity contribution in [2.24, 2.45) is 0 Å². The number of rotatable bonds is 4. The maximum atomic E-state index is 12.2. The molecule has 0 spiro atoms. The minimum absolute atomic E-state index is 0.0433. The average Bonchev–Trinajstić information content (AvgIpc) is 2.43. The third-order valence-electron chi connectivity index (χ3n) is 3.39. The molecule has 4 nitrogen and oxygen atoms in total. The molecule has 110 valence electrons. The van der Waals surface area contributed by atoms with Gasteiger partial charge < -0.3 is 10.2 Å². The average molecular weight is 283 g/mol. The van der Waals surface area contributed by atoms with E-state index in [1.807, 2.05) is 69.1 Å². The summed E-state index contributed by atoms with van der Waals surface area (Å²) in [7, 11) is 1.87. The van der Waals surface area contributed by atoms with Crippen LogP contribution in [0.3, 0.4) is 0 Å². The predicted molar refractivity (Wildman–Crippen MR) is 86.8 cm³/mol. The van der Waals surface area contributed by atoms with Gasteiger partial charge in [0.2, 0.25) is 5.91 Å². The Morgan fingerprint density at radius 3 is 2.33 bits per heavy atom. The Bertz CT molecular complexity index is 632. The van der Waals surface area contributed by atoms with E-state index in [1.54, 1.807) is 0 Å². The van der Waals surface area contributed by atoms with Crippen molar-refractivity contribution >= 4 is 17.4 Å². The van der Waals surface area contributed by atoms with E-state index < -0.39 is 0 Å². The lowest BCUT2D eigenvalue weighted by atomic mass is 10.1. The second kappa shape index (κ2) is 6.39. The van der Waals surface area contributed by atoms with Gasteiger partial charge in [-0.25, -0.2) is 4.98 Å². The van der Waals surface area contributed by atoms with Gasteiger partial charge >= 0.3 is 0 Å². The lowest BCUT2D eigenvalue weighted by Crippen LogP contribution is -2.31. The van der Waals surface area contributed by atoms with Gasteiger partial charge in [-0.2, -0.15) is 0 Å². The van der Waals surface area contributed by atoms with Crippen LogP contribution in [0.2, 0.25) is 0 Å². The molecule has 1 heterocycles. The molecule has 0 fully saturated rings. The minimum Gasteiger partial charge on any atom is -0.350 e. The van der Waals surface area contributed by atoms with Crippen molar-refractivity contribution in [1.29, 1.82) is 0 Å². The molecule has 0 aliphatic heterocycles. The van der Waals surface area contributed by atoms with E-state index in [0.717, 1.165) is 28.3 Å². The summed E-state index contributed by atoms with van der Waals surface area (Å²) in [5.41, 5.74) is 3.97. The molecule has 2 aromatic rings. The summed E-state index contributed by atoms with van der Waals surface area (Å²) in [5.74, 6) is 0.755. The molecule has 0 radical (unpaired) electrons. The van der Waals surface area contributed by atoms with E-state index in [0.29, 0.717) is 0 Å². The van der Waals surface area contributed by atoms with Crippen molar-refractivity contribution in [3.05, 3.63) is 53.2 Å². The molecule has 0 aliphatic rings. The smallest absolute Gasteiger partial charge is 0.243 e. The number of hydrogen-bond acceptors (Lipinski definition) is 3. The summed E-state index contributed by atoms with van der Waals surface area (Å²) < 4.78 is 0. The van der Waals surface area contributed by atoms with Crippen LogP contribution in [-0.2, 0) is 4.79 Å². The molecular weight excluding hydrogens is 262 g/mol. The summed E-state index contributed by atoms with van der Waals surface area (Å²) >= 11 is 0. The number of aryl methyl sites for hydroxylation is 3. The van der Waals surface area contributed by atoms with Gasteiger partial charge in [0.25, 0.3) is 0 Å². The van der Waals surface area contributed by atoms with Crippen molar-refractivity contribution in [2.75, 3.05) is 23.8 Å². The molecule has 0 bridgehead atoms. The van der Waals surface area contributed by atoms with E-state index in [1.165, 1.54) is 0 Å². The number of likely N-dealkylation sites (N-methyl/N-ethyl adjacent to an activating group) is 1. The molecule has 0 saturated heterocycles. The number of para-hydroxylation sites is 1. The van der Waals surface area contributed by atoms with Gasteiger partial charge in [0.05, 0.1) is 6.54 Å². The highest BCUT2D eigenvalue weighted by molar-refractivity contribution is 5.95. The van der Waals surface area contributed by atoms with Crippen LogP contribution in [0.5, 0.6) is 0 Å². The Hall–Kier alpha value is -2.36. The molecule has 1 aromatic heterocycles. The van der Waals surface area contributed by atoms with Crippen LogP contribution in [-0.4, -0.2) is 24.5 Å². The number of nitrogens with zero attached hydrogens (tertiary/aromatic N) is 2. The molecule has 0 saturated carbocycles. The number of amides is 1. The second-order valence-corrected chi connectivity index (χ2v) is 5.31. The minimum atomic E-state index is -0.0433. The Labute approximate surface area is 125 Å². The lowest BCUT2D eigenvalue weighted by Gasteiger charge is -2.19. The fourth-order valence-electron chi connectivity index (χ4n) is 2.23. The Kier molecular flexibility index (Phi) is 4.58. The first kappa shape index (κ1) is 15.0. The number of nitrogens with one attached hydrogen (secondary N) is 1. The highest BCUT2D eigenvalue weighted by atomic mass is 16.2. The second-order valence-electron chi connectivity index (χ2n) is 5.31. The Morgan fingerprint density at radius 2 is 1.71 bits per heavy atom. The molecule has 1 N–H and O–H groups in total. The van der Waals surface area contributed by atoms with E-state index in [2.05, 4.69) is 10.3 Å². The summed E-state index contributed by atoms with van der Waals surface area (Å²) in [4.78, 5) is 18.5. The number of pyridine rings is 1. The fourth-order valence-corrected chi connectivity index (χ4v) is 2.23. The molecule has 4 heteroatoms. The van der Waals surface area contributed by atoms with E-state index in [-0.39, 0.29) is 12.5 Å². The van der Waals surface area contributed by atoms with Crippen molar-refractivity contribution in [3.8, 4) is 0 Å². The van der Waals surface area contributed by atoms with Crippen LogP contribution >= 0.6 is 0 Å². The first-order valence-corrected chi connectivity index (χ1v) is 6.98. The predicted octanol–water partition coefficient (Wildman–Crippen LogP) is 3.08. The largest absolute Gasteiger partial charge is 0.350 e. The highest BCUT2D eigenvalue weighted by Gasteiger charge is 2.11. The van der Waals surface area contributed by atoms with Crippen molar-refractivity contribution in [1.82, 2.24) is 4.98 Å². The molecule has 0 unspecified atom stereocenters. The summed E-state index contributed by atoms with van der Waals surface area (Å²) in [6.07, 6.45) is 0. The zero-order valence-electron chi connectivity index (χ0n) is 13.0. The monoisotopic (exact) mass is 283 g/mol. The third-order valence-corrected chi connectivity index (χ3v) is 3.39. The van der Waals surface area contributed by atoms with E-state index in [9.17, 15) is 4.79 Å². The summed E-state index contributed by atoms with van der Waals surface area (Å²) in [6.45, 7) is 6.20. The zero-order valence-corrected chi connectivity index (χ0v) is 13.0. The van der Waals surface area contributed by atoms with Crippen molar-refractivity contribution in [3.63, 3.8) is 0 Å². The lowest BCUT2D eigenvalue weighted by molar-refractivity contribution is -0.114. The van der Waals surface area contributed by atoms with Crippen LogP contribution in [0.15, 0.2) is 36.4 Å². The molecule has 21 heavy (non-hydrogen) atoms. The quantitative estimate of drug-likeness (QED) is 0.938. The topological polar surface area (TPSA) is 45.2 Å². The van der Waals surface area contributed by atoms with Gasteiger partial charge in [0.1, 0.15) is 5.82 Å². The number of carbonyl (C=O) groups excluding carboxylic acids is 1. The standard InChI is InChI=1S/C17H21N3O/c1-12-7-5-8-13(2)17(12)19-16(21)11-20(4)15-10-6-9-14(3)18-15/h5-10H,11H2,1-4H3,(H,19,21). The summed E-state index contributed by atoms with van der Waals surface area (Å²) in [6, 6.07) is 11.8. The molecule has 2 rings (SSSR count). The van der Waals surface area contributed by atoms with Crippen LogP contribution in [0, 0.1) is 20.8 Å². The highest BCUT2D eigenvalue weighted by Crippen LogP contribution is 2.19. The van der Waals surface area contributed by atoms with Crippen molar-refractivity contribution in [2.45, 2.75) is 20.8 Å².